The topological polar surface area (TPSA) is 103 Å². The maximum Gasteiger partial charge on any atom is 0.410 e. The summed E-state index contributed by atoms with van der Waals surface area (Å²) in [4.78, 5) is 30.6. The number of methoxy groups -OCH3 is 1. The number of nitrogens with zero attached hydrogens (tertiary/aromatic N) is 2. The van der Waals surface area contributed by atoms with E-state index in [0.29, 0.717) is 22.6 Å². The first-order valence-electron chi connectivity index (χ1n) is 12.2. The molecule has 1 aromatic carbocycles. The van der Waals surface area contributed by atoms with Crippen molar-refractivity contribution in [2.24, 2.45) is 0 Å². The third kappa shape index (κ3) is 5.98. The number of rotatable bonds is 6. The Morgan fingerprint density at radius 1 is 1.26 bits per heavy atom. The first-order chi connectivity index (χ1) is 17.9. The number of pyridine rings is 1. The zero-order chi connectivity index (χ0) is 27.7. The number of carbonyl (C=O) groups excluding carboxylic acids is 2. The number of benzene rings is 1. The molecule has 2 amide bonds. The number of aryl methyl sites for hydroxylation is 1. The highest BCUT2D eigenvalue weighted by Gasteiger charge is 2.47. The van der Waals surface area contributed by atoms with Crippen LogP contribution in [0, 0.1) is 6.92 Å². The summed E-state index contributed by atoms with van der Waals surface area (Å²) in [6.45, 7) is 5.94. The van der Waals surface area contributed by atoms with Gasteiger partial charge < -0.3 is 28.8 Å². The minimum atomic E-state index is -3.35. The molecule has 0 saturated carbocycles. The lowest BCUT2D eigenvalue weighted by molar-refractivity contribution is -0.0889. The molecule has 0 aliphatic carbocycles. The third-order valence-electron chi connectivity index (χ3n) is 6.06. The van der Waals surface area contributed by atoms with Crippen molar-refractivity contribution < 1.29 is 37.0 Å². The minimum Gasteiger partial charge on any atom is -0.489 e. The molecule has 11 heteroatoms. The number of likely N-dealkylation sites (tertiary alicyclic amines) is 1. The number of hydrogen-bond acceptors (Lipinski definition) is 7. The smallest absolute Gasteiger partial charge is 0.410 e. The van der Waals surface area contributed by atoms with Gasteiger partial charge in [0.1, 0.15) is 29.3 Å². The summed E-state index contributed by atoms with van der Waals surface area (Å²) in [5.41, 5.74) is 0.501. The van der Waals surface area contributed by atoms with E-state index >= 15 is 0 Å². The van der Waals surface area contributed by atoms with E-state index in [0.717, 1.165) is 10.5 Å². The van der Waals surface area contributed by atoms with E-state index in [2.05, 4.69) is 10.3 Å². The second-order valence-corrected chi connectivity index (χ2v) is 10.1. The van der Waals surface area contributed by atoms with Gasteiger partial charge in [0.05, 0.1) is 30.8 Å². The number of halogens is 2. The quantitative estimate of drug-likeness (QED) is 0.472. The number of fused-ring (bicyclic) bond motifs is 1. The molecule has 0 bridgehead atoms. The Morgan fingerprint density at radius 2 is 2.03 bits per heavy atom. The second-order valence-electron chi connectivity index (χ2n) is 10.1. The molecule has 1 aliphatic heterocycles. The van der Waals surface area contributed by atoms with Crippen LogP contribution in [0.4, 0.5) is 13.6 Å². The molecule has 0 spiro atoms. The molecular weight excluding hydrogens is 500 g/mol. The fourth-order valence-electron chi connectivity index (χ4n) is 4.28. The predicted octanol–water partition coefficient (Wildman–Crippen LogP) is 5.10. The number of amides is 2. The van der Waals surface area contributed by atoms with Crippen molar-refractivity contribution in [3.63, 3.8) is 0 Å². The molecule has 3 aromatic rings. The molecule has 1 atom stereocenters. The van der Waals surface area contributed by atoms with E-state index in [9.17, 15) is 18.4 Å². The van der Waals surface area contributed by atoms with Gasteiger partial charge >= 0.3 is 6.09 Å². The van der Waals surface area contributed by atoms with Crippen molar-refractivity contribution in [2.75, 3.05) is 20.2 Å². The van der Waals surface area contributed by atoms with Gasteiger partial charge in [-0.1, -0.05) is 0 Å². The maximum atomic E-state index is 15.0. The van der Waals surface area contributed by atoms with Crippen molar-refractivity contribution in [1.29, 1.82) is 0 Å². The zero-order valence-electron chi connectivity index (χ0n) is 22.0. The molecule has 1 aliphatic rings. The van der Waals surface area contributed by atoms with Crippen molar-refractivity contribution in [3.05, 3.63) is 53.4 Å². The monoisotopic (exact) mass is 531 g/mol. The standard InChI is InChI=1S/C27H31F2N3O6/c1-16-22(23(33)31-21-10-12-32(15-27(21,28)29)25(34)38-26(2,3)4)19-13-18(8-9-20(19)37-16)36-14-17-7-6-11-30-24(17)35-5/h6-9,11,13,21H,10,12,14-15H2,1-5H3,(H,31,33). The van der Waals surface area contributed by atoms with E-state index in [1.165, 1.54) is 7.11 Å². The highest BCUT2D eigenvalue weighted by atomic mass is 19.3. The summed E-state index contributed by atoms with van der Waals surface area (Å²) in [7, 11) is 1.52. The lowest BCUT2D eigenvalue weighted by atomic mass is 10.00. The number of hydrogen-bond donors (Lipinski definition) is 1. The molecule has 38 heavy (non-hydrogen) atoms. The molecule has 4 rings (SSSR count). The van der Waals surface area contributed by atoms with Crippen LogP contribution in [-0.4, -0.2) is 59.6 Å². The number of carbonyl (C=O) groups is 2. The van der Waals surface area contributed by atoms with Gasteiger partial charge in [-0.15, -0.1) is 0 Å². The first-order valence-corrected chi connectivity index (χ1v) is 12.2. The van der Waals surface area contributed by atoms with Gasteiger partial charge in [0.2, 0.25) is 5.88 Å². The van der Waals surface area contributed by atoms with Crippen LogP contribution >= 0.6 is 0 Å². The lowest BCUT2D eigenvalue weighted by Gasteiger charge is -2.38. The highest BCUT2D eigenvalue weighted by molar-refractivity contribution is 6.07. The van der Waals surface area contributed by atoms with Crippen LogP contribution in [0.5, 0.6) is 11.6 Å². The van der Waals surface area contributed by atoms with Gasteiger partial charge in [0, 0.05) is 18.1 Å². The molecule has 3 heterocycles. The van der Waals surface area contributed by atoms with Crippen molar-refractivity contribution >= 4 is 23.0 Å². The average molecular weight is 532 g/mol. The molecular formula is C27H31F2N3O6. The Morgan fingerprint density at radius 3 is 2.71 bits per heavy atom. The number of furan rings is 1. The van der Waals surface area contributed by atoms with Gasteiger partial charge in [0.15, 0.2) is 0 Å². The van der Waals surface area contributed by atoms with Crippen molar-refractivity contribution in [3.8, 4) is 11.6 Å². The van der Waals surface area contributed by atoms with Crippen LogP contribution in [0.3, 0.4) is 0 Å². The highest BCUT2D eigenvalue weighted by Crippen LogP contribution is 2.32. The van der Waals surface area contributed by atoms with E-state index in [1.54, 1.807) is 58.2 Å². The first kappa shape index (κ1) is 27.2. The molecule has 2 aromatic heterocycles. The molecule has 0 radical (unpaired) electrons. The summed E-state index contributed by atoms with van der Waals surface area (Å²) in [6, 6.07) is 7.10. The van der Waals surface area contributed by atoms with Gasteiger partial charge in [-0.3, -0.25) is 4.79 Å². The summed E-state index contributed by atoms with van der Waals surface area (Å²) >= 11 is 0. The van der Waals surface area contributed by atoms with E-state index in [1.807, 2.05) is 6.07 Å². The van der Waals surface area contributed by atoms with Crippen LogP contribution in [0.2, 0.25) is 0 Å². The van der Waals surface area contributed by atoms with Crippen molar-refractivity contribution in [2.45, 2.75) is 58.3 Å². The maximum absolute atomic E-state index is 15.0. The molecule has 1 saturated heterocycles. The largest absolute Gasteiger partial charge is 0.489 e. The SMILES string of the molecule is COc1ncccc1COc1ccc2oc(C)c(C(=O)NC3CCN(C(=O)OC(C)(C)C)CC3(F)F)c2c1. The summed E-state index contributed by atoms with van der Waals surface area (Å²) in [5, 5.41) is 2.89. The number of alkyl halides is 2. The zero-order valence-corrected chi connectivity index (χ0v) is 22.0. The molecule has 1 N–H and O–H groups in total. The van der Waals surface area contributed by atoms with Gasteiger partial charge in [-0.05, 0) is 64.4 Å². The van der Waals surface area contributed by atoms with Crippen LogP contribution in [0.1, 0.15) is 48.9 Å². The number of ether oxygens (including phenoxy) is 3. The Bertz CT molecular complexity index is 1330. The molecule has 204 valence electrons. The number of nitrogens with one attached hydrogen (secondary N) is 1. The predicted molar refractivity (Wildman–Crippen MR) is 135 cm³/mol. The number of aromatic nitrogens is 1. The van der Waals surface area contributed by atoms with E-state index < -0.39 is 36.1 Å². The molecule has 9 nitrogen and oxygen atoms in total. The normalized spacial score (nSPS) is 17.2. The Labute approximate surface area is 219 Å². The Balaban J connectivity index is 1.48. The van der Waals surface area contributed by atoms with Crippen LogP contribution in [-0.2, 0) is 11.3 Å². The fraction of sp³-hybridized carbons (Fsp3) is 0.444. The second kappa shape index (κ2) is 10.5. The van der Waals surface area contributed by atoms with Gasteiger partial charge in [-0.25, -0.2) is 18.6 Å². The summed E-state index contributed by atoms with van der Waals surface area (Å²) in [6.07, 6.45) is 0.669. The average Bonchev–Trinajstić information content (AvgIpc) is 3.17. The Hall–Kier alpha value is -3.89. The fourth-order valence-corrected chi connectivity index (χ4v) is 4.28. The lowest BCUT2D eigenvalue weighted by Crippen LogP contribution is -2.59. The van der Waals surface area contributed by atoms with Gasteiger partial charge in [-0.2, -0.15) is 0 Å². The van der Waals surface area contributed by atoms with E-state index in [4.69, 9.17) is 18.6 Å². The molecule has 1 unspecified atom stereocenters. The minimum absolute atomic E-state index is 0.0242. The summed E-state index contributed by atoms with van der Waals surface area (Å²) in [5.74, 6) is -2.86. The van der Waals surface area contributed by atoms with Crippen LogP contribution in [0.15, 0.2) is 40.9 Å². The molecule has 1 fully saturated rings. The Kier molecular flexibility index (Phi) is 7.48. The van der Waals surface area contributed by atoms with Gasteiger partial charge in [0.25, 0.3) is 11.8 Å². The van der Waals surface area contributed by atoms with Crippen LogP contribution in [0.25, 0.3) is 11.0 Å². The number of piperidine rings is 1. The summed E-state index contributed by atoms with van der Waals surface area (Å²) < 4.78 is 52.0. The van der Waals surface area contributed by atoms with Crippen molar-refractivity contribution in [1.82, 2.24) is 15.2 Å². The van der Waals surface area contributed by atoms with Crippen LogP contribution < -0.4 is 14.8 Å². The third-order valence-corrected chi connectivity index (χ3v) is 6.06. The van der Waals surface area contributed by atoms with E-state index in [-0.39, 0.29) is 30.9 Å².